The Bertz CT molecular complexity index is 294. The molecule has 1 saturated heterocycles. The molecule has 1 atom stereocenters. The molecule has 0 saturated carbocycles. The van der Waals surface area contributed by atoms with Crippen LogP contribution in [0.4, 0.5) is 13.2 Å². The molecule has 1 aliphatic heterocycles. The summed E-state index contributed by atoms with van der Waals surface area (Å²) >= 11 is 0. The first-order valence-corrected chi connectivity index (χ1v) is 3.33. The number of hydrogen-bond acceptors (Lipinski definition) is 5. The van der Waals surface area contributed by atoms with Crippen molar-refractivity contribution in [3.63, 3.8) is 0 Å². The van der Waals surface area contributed by atoms with Crippen molar-refractivity contribution in [3.05, 3.63) is 0 Å². The first kappa shape index (κ1) is 10.5. The van der Waals surface area contributed by atoms with Crippen LogP contribution in [0, 0.1) is 0 Å². The zero-order valence-electron chi connectivity index (χ0n) is 6.46. The van der Waals surface area contributed by atoms with E-state index in [-0.39, 0.29) is 0 Å². The summed E-state index contributed by atoms with van der Waals surface area (Å²) in [5, 5.41) is 0. The molecule has 8 heteroatoms. The van der Waals surface area contributed by atoms with Crippen LogP contribution in [0.2, 0.25) is 0 Å². The first-order valence-electron chi connectivity index (χ1n) is 3.33. The van der Waals surface area contributed by atoms with Gasteiger partial charge in [0.2, 0.25) is 6.10 Å². The van der Waals surface area contributed by atoms with E-state index in [1.54, 1.807) is 0 Å². The number of carbonyl (C=O) groups is 3. The van der Waals surface area contributed by atoms with Crippen LogP contribution >= 0.6 is 0 Å². The van der Waals surface area contributed by atoms with Crippen molar-refractivity contribution < 1.29 is 37.0 Å². The summed E-state index contributed by atoms with van der Waals surface area (Å²) in [6.07, 6.45) is -7.65. The van der Waals surface area contributed by atoms with Gasteiger partial charge in [0.25, 0.3) is 0 Å². The summed E-state index contributed by atoms with van der Waals surface area (Å²) in [6, 6.07) is 0. The molecule has 0 bridgehead atoms. The molecule has 0 aromatic rings. The van der Waals surface area contributed by atoms with E-state index in [1.807, 2.05) is 0 Å². The SMILES string of the molecule is O=C1CC(OC(=O)C(F)(F)F)C(=O)O1. The fourth-order valence-electron chi connectivity index (χ4n) is 0.740. The summed E-state index contributed by atoms with van der Waals surface area (Å²) in [7, 11) is 0. The van der Waals surface area contributed by atoms with Crippen molar-refractivity contribution in [1.29, 1.82) is 0 Å². The molecule has 1 rings (SSSR count). The van der Waals surface area contributed by atoms with Crippen molar-refractivity contribution in [2.45, 2.75) is 18.7 Å². The topological polar surface area (TPSA) is 69.7 Å². The molecule has 5 nitrogen and oxygen atoms in total. The lowest BCUT2D eigenvalue weighted by Crippen LogP contribution is -2.32. The Morgan fingerprint density at radius 3 is 2.36 bits per heavy atom. The van der Waals surface area contributed by atoms with Crippen LogP contribution in [-0.2, 0) is 23.9 Å². The molecule has 0 aromatic heterocycles. The van der Waals surface area contributed by atoms with Crippen molar-refractivity contribution in [2.24, 2.45) is 0 Å². The Labute approximate surface area is 74.8 Å². The van der Waals surface area contributed by atoms with Gasteiger partial charge in [-0.1, -0.05) is 0 Å². The Morgan fingerprint density at radius 1 is 1.43 bits per heavy atom. The van der Waals surface area contributed by atoms with Gasteiger partial charge in [-0.2, -0.15) is 13.2 Å². The monoisotopic (exact) mass is 212 g/mol. The summed E-state index contributed by atoms with van der Waals surface area (Å²) in [6.45, 7) is 0. The van der Waals surface area contributed by atoms with E-state index in [0.717, 1.165) is 0 Å². The number of rotatable bonds is 1. The fraction of sp³-hybridized carbons (Fsp3) is 0.500. The molecule has 1 heterocycles. The number of cyclic esters (lactones) is 2. The summed E-state index contributed by atoms with van der Waals surface area (Å²) < 4.78 is 42.4. The van der Waals surface area contributed by atoms with Gasteiger partial charge in [0.1, 0.15) is 0 Å². The smallest absolute Gasteiger partial charge is 0.443 e. The van der Waals surface area contributed by atoms with Crippen LogP contribution in [0.3, 0.4) is 0 Å². The molecule has 1 fully saturated rings. The van der Waals surface area contributed by atoms with Crippen molar-refractivity contribution in [1.82, 2.24) is 0 Å². The Balaban J connectivity index is 2.58. The third-order valence-corrected chi connectivity index (χ3v) is 1.31. The zero-order valence-corrected chi connectivity index (χ0v) is 6.46. The maximum absolute atomic E-state index is 11.6. The van der Waals surface area contributed by atoms with Gasteiger partial charge in [-0.3, -0.25) is 4.79 Å². The predicted octanol–water partition coefficient (Wildman–Crippen LogP) is -0.0660. The predicted molar refractivity (Wildman–Crippen MR) is 31.7 cm³/mol. The van der Waals surface area contributed by atoms with Gasteiger partial charge in [-0.25, -0.2) is 9.59 Å². The summed E-state index contributed by atoms with van der Waals surface area (Å²) in [5.74, 6) is -4.82. The minimum atomic E-state index is -5.19. The number of carbonyl (C=O) groups excluding carboxylic acids is 3. The second-order valence-electron chi connectivity index (χ2n) is 2.39. The zero-order chi connectivity index (χ0) is 10.9. The summed E-state index contributed by atoms with van der Waals surface area (Å²) in [5.41, 5.74) is 0. The average molecular weight is 212 g/mol. The molecule has 0 aliphatic carbocycles. The van der Waals surface area contributed by atoms with Gasteiger partial charge in [0.05, 0.1) is 6.42 Å². The highest BCUT2D eigenvalue weighted by atomic mass is 19.4. The van der Waals surface area contributed by atoms with Gasteiger partial charge < -0.3 is 9.47 Å². The number of alkyl halides is 3. The third kappa shape index (κ3) is 2.21. The molecule has 0 amide bonds. The van der Waals surface area contributed by atoms with E-state index < -0.39 is 36.6 Å². The second-order valence-corrected chi connectivity index (χ2v) is 2.39. The average Bonchev–Trinajstić information content (AvgIpc) is 2.28. The van der Waals surface area contributed by atoms with Crippen LogP contribution in [0.5, 0.6) is 0 Å². The normalized spacial score (nSPS) is 22.1. The Morgan fingerprint density at radius 2 is 2.00 bits per heavy atom. The van der Waals surface area contributed by atoms with Crippen LogP contribution < -0.4 is 0 Å². The molecule has 0 aromatic carbocycles. The molecule has 1 aliphatic rings. The Kier molecular flexibility index (Phi) is 2.45. The number of ether oxygens (including phenoxy) is 2. The van der Waals surface area contributed by atoms with E-state index in [2.05, 4.69) is 9.47 Å². The standard InChI is InChI=1S/C6H3F3O5/c7-6(8,9)5(12)13-2-1-3(10)14-4(2)11/h2H,1H2. The van der Waals surface area contributed by atoms with Gasteiger partial charge in [0.15, 0.2) is 0 Å². The highest BCUT2D eigenvalue weighted by Crippen LogP contribution is 2.20. The molecule has 0 N–H and O–H groups in total. The molecule has 0 radical (unpaired) electrons. The van der Waals surface area contributed by atoms with Gasteiger partial charge in [-0.05, 0) is 0 Å². The van der Waals surface area contributed by atoms with Crippen molar-refractivity contribution in [2.75, 3.05) is 0 Å². The highest BCUT2D eigenvalue weighted by Gasteiger charge is 2.46. The quantitative estimate of drug-likeness (QED) is 0.449. The van der Waals surface area contributed by atoms with E-state index in [0.29, 0.717) is 0 Å². The van der Waals surface area contributed by atoms with Crippen LogP contribution in [0.25, 0.3) is 0 Å². The van der Waals surface area contributed by atoms with Crippen LogP contribution in [0.15, 0.2) is 0 Å². The van der Waals surface area contributed by atoms with Crippen molar-refractivity contribution in [3.8, 4) is 0 Å². The van der Waals surface area contributed by atoms with E-state index in [4.69, 9.17) is 0 Å². The first-order chi connectivity index (χ1) is 6.30. The molecular formula is C6H3F3O5. The number of esters is 3. The number of hydrogen-bond donors (Lipinski definition) is 0. The van der Waals surface area contributed by atoms with E-state index in [1.165, 1.54) is 0 Å². The number of halogens is 3. The van der Waals surface area contributed by atoms with Gasteiger partial charge >= 0.3 is 24.1 Å². The van der Waals surface area contributed by atoms with E-state index >= 15 is 0 Å². The molecule has 14 heavy (non-hydrogen) atoms. The minimum absolute atomic E-state index is 0.680. The van der Waals surface area contributed by atoms with E-state index in [9.17, 15) is 27.6 Å². The highest BCUT2D eigenvalue weighted by molar-refractivity contribution is 5.97. The lowest BCUT2D eigenvalue weighted by molar-refractivity contribution is -0.205. The second kappa shape index (κ2) is 3.28. The maximum atomic E-state index is 11.6. The fourth-order valence-corrected chi connectivity index (χ4v) is 0.740. The minimum Gasteiger partial charge on any atom is -0.443 e. The lowest BCUT2D eigenvalue weighted by Gasteiger charge is -2.08. The largest absolute Gasteiger partial charge is 0.490 e. The van der Waals surface area contributed by atoms with Crippen molar-refractivity contribution >= 4 is 17.9 Å². The van der Waals surface area contributed by atoms with Crippen LogP contribution in [-0.4, -0.2) is 30.2 Å². The van der Waals surface area contributed by atoms with Crippen LogP contribution in [0.1, 0.15) is 6.42 Å². The van der Waals surface area contributed by atoms with Gasteiger partial charge in [0, 0.05) is 0 Å². The molecule has 0 spiro atoms. The lowest BCUT2D eigenvalue weighted by atomic mass is 10.3. The summed E-state index contributed by atoms with van der Waals surface area (Å²) in [4.78, 5) is 31.1. The maximum Gasteiger partial charge on any atom is 0.490 e. The molecule has 1 unspecified atom stereocenters. The molecule has 78 valence electrons. The molecular weight excluding hydrogens is 209 g/mol. The third-order valence-electron chi connectivity index (χ3n) is 1.31. The van der Waals surface area contributed by atoms with Gasteiger partial charge in [-0.15, -0.1) is 0 Å². The Hall–Kier alpha value is -1.60.